The first-order chi connectivity index (χ1) is 5.29. The average Bonchev–Trinajstić information content (AvgIpc) is 2.03. The van der Waals surface area contributed by atoms with E-state index in [1.807, 2.05) is 25.1 Å². The summed E-state index contributed by atoms with van der Waals surface area (Å²) in [6.45, 7) is 1.96. The van der Waals surface area contributed by atoms with E-state index in [9.17, 15) is 0 Å². The maximum absolute atomic E-state index is 5.55. The van der Waals surface area contributed by atoms with Crippen molar-refractivity contribution >= 4 is 21.6 Å². The zero-order valence-electron chi connectivity index (χ0n) is 6.23. The van der Waals surface area contributed by atoms with Crippen LogP contribution in [0.3, 0.4) is 0 Å². The van der Waals surface area contributed by atoms with Gasteiger partial charge in [0, 0.05) is 6.20 Å². The van der Waals surface area contributed by atoms with Gasteiger partial charge < -0.3 is 5.73 Å². The molecule has 11 heavy (non-hydrogen) atoms. The predicted molar refractivity (Wildman–Crippen MR) is 51.3 cm³/mol. The van der Waals surface area contributed by atoms with Crippen molar-refractivity contribution in [3.8, 4) is 0 Å². The van der Waals surface area contributed by atoms with Gasteiger partial charge in [0.05, 0.1) is 5.37 Å². The van der Waals surface area contributed by atoms with Crippen LogP contribution < -0.4 is 5.73 Å². The summed E-state index contributed by atoms with van der Waals surface area (Å²) in [5.74, 6) is 0. The van der Waals surface area contributed by atoms with Crippen LogP contribution >= 0.6 is 21.6 Å². The Hall–Kier alpha value is -0.190. The summed E-state index contributed by atoms with van der Waals surface area (Å²) in [5.41, 5.74) is 5.55. The molecule has 0 aliphatic carbocycles. The van der Waals surface area contributed by atoms with Gasteiger partial charge in [0.25, 0.3) is 0 Å². The van der Waals surface area contributed by atoms with Crippen LogP contribution in [-0.4, -0.2) is 10.4 Å². The Morgan fingerprint density at radius 1 is 1.55 bits per heavy atom. The largest absolute Gasteiger partial charge is 0.319 e. The fourth-order valence-corrected chi connectivity index (χ4v) is 2.06. The molecule has 0 saturated heterocycles. The van der Waals surface area contributed by atoms with E-state index in [0.29, 0.717) is 0 Å². The Morgan fingerprint density at radius 2 is 2.36 bits per heavy atom. The lowest BCUT2D eigenvalue weighted by atomic mass is 10.5. The van der Waals surface area contributed by atoms with Crippen molar-refractivity contribution < 1.29 is 0 Å². The van der Waals surface area contributed by atoms with Crippen molar-refractivity contribution in [2.45, 2.75) is 17.3 Å². The van der Waals surface area contributed by atoms with E-state index >= 15 is 0 Å². The monoisotopic (exact) mass is 186 g/mol. The van der Waals surface area contributed by atoms with E-state index < -0.39 is 0 Å². The van der Waals surface area contributed by atoms with E-state index in [1.165, 1.54) is 0 Å². The van der Waals surface area contributed by atoms with Crippen LogP contribution in [0.1, 0.15) is 6.92 Å². The maximum atomic E-state index is 5.55. The quantitative estimate of drug-likeness (QED) is 0.580. The van der Waals surface area contributed by atoms with Crippen molar-refractivity contribution in [1.29, 1.82) is 0 Å². The summed E-state index contributed by atoms with van der Waals surface area (Å²) in [5, 5.41) is 1.16. The zero-order chi connectivity index (χ0) is 8.10. The topological polar surface area (TPSA) is 38.9 Å². The molecule has 0 aliphatic heterocycles. The van der Waals surface area contributed by atoms with Gasteiger partial charge in [0.15, 0.2) is 0 Å². The van der Waals surface area contributed by atoms with Gasteiger partial charge in [-0.1, -0.05) is 16.9 Å². The van der Waals surface area contributed by atoms with Crippen molar-refractivity contribution in [3.05, 3.63) is 24.4 Å². The summed E-state index contributed by atoms with van der Waals surface area (Å²) < 4.78 is 0. The number of hydrogen-bond acceptors (Lipinski definition) is 4. The van der Waals surface area contributed by atoms with Crippen LogP contribution in [0.15, 0.2) is 29.4 Å². The Balaban J connectivity index is 2.39. The third kappa shape index (κ3) is 3.65. The molecule has 4 heteroatoms. The van der Waals surface area contributed by atoms with Gasteiger partial charge in [0.1, 0.15) is 5.03 Å². The van der Waals surface area contributed by atoms with Crippen molar-refractivity contribution in [1.82, 2.24) is 4.98 Å². The lowest BCUT2D eigenvalue weighted by Crippen LogP contribution is -2.06. The van der Waals surface area contributed by atoms with Gasteiger partial charge in [-0.05, 0) is 29.9 Å². The van der Waals surface area contributed by atoms with Crippen LogP contribution in [0.2, 0.25) is 0 Å². The molecule has 0 spiro atoms. The van der Waals surface area contributed by atoms with E-state index in [2.05, 4.69) is 4.98 Å². The van der Waals surface area contributed by atoms with Gasteiger partial charge in [0.2, 0.25) is 0 Å². The molecule has 0 saturated carbocycles. The van der Waals surface area contributed by atoms with Crippen LogP contribution in [0.5, 0.6) is 0 Å². The molecule has 0 aliphatic rings. The third-order valence-corrected chi connectivity index (χ3v) is 3.45. The van der Waals surface area contributed by atoms with Crippen molar-refractivity contribution in [2.24, 2.45) is 5.73 Å². The molecule has 2 N–H and O–H groups in total. The molecule has 1 rings (SSSR count). The second-order valence-corrected chi connectivity index (χ2v) is 4.65. The average molecular weight is 186 g/mol. The number of nitrogens with zero attached hydrogens (tertiary/aromatic N) is 1. The first-order valence-corrected chi connectivity index (χ1v) is 5.50. The normalized spacial score (nSPS) is 12.9. The highest BCUT2D eigenvalue weighted by Gasteiger charge is 1.97. The first-order valence-electron chi connectivity index (χ1n) is 3.29. The number of hydrogen-bond donors (Lipinski definition) is 1. The van der Waals surface area contributed by atoms with E-state index in [4.69, 9.17) is 5.73 Å². The summed E-state index contributed by atoms with van der Waals surface area (Å²) >= 11 is 0. The Kier molecular flexibility index (Phi) is 3.76. The molecule has 2 nitrogen and oxygen atoms in total. The van der Waals surface area contributed by atoms with Gasteiger partial charge in [-0.3, -0.25) is 0 Å². The predicted octanol–water partition coefficient (Wildman–Crippen LogP) is 2.13. The number of aromatic nitrogens is 1. The maximum Gasteiger partial charge on any atom is 0.107 e. The van der Waals surface area contributed by atoms with Crippen LogP contribution in [0.4, 0.5) is 0 Å². The molecule has 0 radical (unpaired) electrons. The van der Waals surface area contributed by atoms with Crippen LogP contribution in [0, 0.1) is 0 Å². The molecule has 1 aromatic rings. The molecule has 0 amide bonds. The molecular formula is C7H10N2S2. The highest BCUT2D eigenvalue weighted by Crippen LogP contribution is 2.30. The fourth-order valence-electron chi connectivity index (χ4n) is 0.522. The Morgan fingerprint density at radius 3 is 2.91 bits per heavy atom. The van der Waals surface area contributed by atoms with Gasteiger partial charge >= 0.3 is 0 Å². The Labute approximate surface area is 74.4 Å². The van der Waals surface area contributed by atoms with Crippen molar-refractivity contribution in [2.75, 3.05) is 0 Å². The van der Waals surface area contributed by atoms with Gasteiger partial charge in [-0.2, -0.15) is 0 Å². The standard InChI is InChI=1S/C7H10N2S2/c1-6(8)10-11-7-4-2-3-5-9-7/h2-6H,8H2,1H3. The highest BCUT2D eigenvalue weighted by atomic mass is 33.1. The lowest BCUT2D eigenvalue weighted by molar-refractivity contribution is 1.05. The molecule has 1 unspecified atom stereocenters. The molecule has 0 bridgehead atoms. The minimum absolute atomic E-state index is 0.155. The summed E-state index contributed by atoms with van der Waals surface area (Å²) in [6.07, 6.45) is 1.78. The third-order valence-electron chi connectivity index (χ3n) is 0.923. The second kappa shape index (κ2) is 4.64. The minimum Gasteiger partial charge on any atom is -0.319 e. The molecular weight excluding hydrogens is 176 g/mol. The van der Waals surface area contributed by atoms with E-state index in [1.54, 1.807) is 27.8 Å². The number of rotatable bonds is 3. The minimum atomic E-state index is 0.155. The molecule has 0 aromatic carbocycles. The summed E-state index contributed by atoms with van der Waals surface area (Å²) in [4.78, 5) is 4.14. The second-order valence-electron chi connectivity index (χ2n) is 2.05. The smallest absolute Gasteiger partial charge is 0.107 e. The van der Waals surface area contributed by atoms with E-state index in [0.717, 1.165) is 5.03 Å². The number of pyridine rings is 1. The number of nitrogens with two attached hydrogens (primary N) is 1. The zero-order valence-corrected chi connectivity index (χ0v) is 7.86. The lowest BCUT2D eigenvalue weighted by Gasteiger charge is -2.01. The molecule has 0 fully saturated rings. The van der Waals surface area contributed by atoms with Crippen LogP contribution in [0.25, 0.3) is 0 Å². The summed E-state index contributed by atoms with van der Waals surface area (Å²) in [6, 6.07) is 5.84. The van der Waals surface area contributed by atoms with Gasteiger partial charge in [-0.25, -0.2) is 4.98 Å². The highest BCUT2D eigenvalue weighted by molar-refractivity contribution is 8.76. The van der Waals surface area contributed by atoms with Crippen LogP contribution in [-0.2, 0) is 0 Å². The summed E-state index contributed by atoms with van der Waals surface area (Å²) in [7, 11) is 3.23. The molecule has 1 atom stereocenters. The van der Waals surface area contributed by atoms with Gasteiger partial charge in [-0.15, -0.1) is 0 Å². The van der Waals surface area contributed by atoms with Crippen molar-refractivity contribution in [3.63, 3.8) is 0 Å². The molecule has 1 heterocycles. The van der Waals surface area contributed by atoms with E-state index in [-0.39, 0.29) is 5.37 Å². The molecule has 60 valence electrons. The molecule has 1 aromatic heterocycles. The SMILES string of the molecule is CC(N)SSc1ccccn1. The Bertz CT molecular complexity index is 201. The fraction of sp³-hybridized carbons (Fsp3) is 0.286. The first kappa shape index (κ1) is 8.90.